The van der Waals surface area contributed by atoms with Crippen LogP contribution in [-0.2, 0) is 31.8 Å². The van der Waals surface area contributed by atoms with Gasteiger partial charge in [-0.25, -0.2) is 4.99 Å². The lowest BCUT2D eigenvalue weighted by atomic mass is 9.92. The van der Waals surface area contributed by atoms with E-state index < -0.39 is 28.4 Å². The molecular formula is C32H50N4O4Si2. The Labute approximate surface area is 254 Å². The molecule has 10 heteroatoms. The Hall–Kier alpha value is -2.53. The second-order valence-corrected chi connectivity index (χ2v) is 24.6. The third kappa shape index (κ3) is 12.8. The first-order valence-corrected chi connectivity index (χ1v) is 22.4. The van der Waals surface area contributed by atoms with E-state index in [2.05, 4.69) is 74.2 Å². The zero-order chi connectivity index (χ0) is 30.4. The van der Waals surface area contributed by atoms with Crippen LogP contribution >= 0.6 is 0 Å². The van der Waals surface area contributed by atoms with E-state index in [1.54, 1.807) is 0 Å². The van der Waals surface area contributed by atoms with Crippen LogP contribution in [0, 0.1) is 11.5 Å². The molecule has 0 aliphatic carbocycles. The van der Waals surface area contributed by atoms with Crippen molar-refractivity contribution in [2.45, 2.75) is 88.5 Å². The first-order valence-electron chi connectivity index (χ1n) is 15.0. The maximum atomic E-state index is 9.55. The molecule has 0 spiro atoms. The Bertz CT molecular complexity index is 1120. The van der Waals surface area contributed by atoms with E-state index in [4.69, 9.17) is 23.9 Å². The van der Waals surface area contributed by atoms with Gasteiger partial charge in [0, 0.05) is 29.4 Å². The van der Waals surface area contributed by atoms with E-state index in [-0.39, 0.29) is 25.7 Å². The predicted octanol–water partition coefficient (Wildman–Crippen LogP) is 5.63. The van der Waals surface area contributed by atoms with E-state index in [0.717, 1.165) is 23.2 Å². The summed E-state index contributed by atoms with van der Waals surface area (Å²) < 4.78 is 25.1. The van der Waals surface area contributed by atoms with E-state index in [1.165, 1.54) is 0 Å². The average Bonchev–Trinajstić information content (AvgIpc) is 3.05. The van der Waals surface area contributed by atoms with E-state index in [1.807, 2.05) is 42.6 Å². The average molecular weight is 611 g/mol. The van der Waals surface area contributed by atoms with Gasteiger partial charge in [0.15, 0.2) is 6.19 Å². The van der Waals surface area contributed by atoms with Crippen molar-refractivity contribution < 1.29 is 18.9 Å². The molecule has 2 aromatic carbocycles. The highest BCUT2D eigenvalue weighted by molar-refractivity contribution is 6.76. The highest BCUT2D eigenvalue weighted by Gasteiger charge is 2.40. The molecule has 0 saturated heterocycles. The monoisotopic (exact) mass is 610 g/mol. The second-order valence-electron chi connectivity index (χ2n) is 13.3. The molecule has 1 heterocycles. The van der Waals surface area contributed by atoms with Gasteiger partial charge in [-0.15, -0.1) is 0 Å². The van der Waals surface area contributed by atoms with Gasteiger partial charge in [0.05, 0.1) is 12.1 Å². The summed E-state index contributed by atoms with van der Waals surface area (Å²) in [4.78, 5) is 4.98. The Morgan fingerprint density at radius 2 is 1.26 bits per heavy atom. The maximum Gasteiger partial charge on any atom is 0.205 e. The van der Waals surface area contributed by atoms with Crippen LogP contribution in [0.1, 0.15) is 11.1 Å². The molecule has 1 aliphatic heterocycles. The van der Waals surface area contributed by atoms with Crippen molar-refractivity contribution in [1.82, 2.24) is 10.6 Å². The summed E-state index contributed by atoms with van der Waals surface area (Å²) in [6.45, 7) is 15.6. The SMILES string of the molecule is C[Si](C)(C)CCOCO[C@@H]1[C@@H](OCOCC[Si](C)(C)C)[C@@H](Cc2ccccc2)NC(NC#N)=N[C@@H]1Cc1ccccc1. The fraction of sp³-hybridized carbons (Fsp3) is 0.562. The van der Waals surface area contributed by atoms with E-state index in [9.17, 15) is 5.26 Å². The minimum absolute atomic E-state index is 0.144. The summed E-state index contributed by atoms with van der Waals surface area (Å²) in [6, 6.07) is 22.0. The highest BCUT2D eigenvalue weighted by Crippen LogP contribution is 2.24. The van der Waals surface area contributed by atoms with Crippen molar-refractivity contribution in [3.8, 4) is 6.19 Å². The van der Waals surface area contributed by atoms with Crippen molar-refractivity contribution in [2.24, 2.45) is 4.99 Å². The quantitative estimate of drug-likeness (QED) is 0.0836. The number of nitrogens with one attached hydrogen (secondary N) is 2. The predicted molar refractivity (Wildman–Crippen MR) is 175 cm³/mol. The Balaban J connectivity index is 1.90. The van der Waals surface area contributed by atoms with Gasteiger partial charge in [0.2, 0.25) is 5.96 Å². The minimum Gasteiger partial charge on any atom is -0.356 e. The number of aliphatic imine (C=N–C) groups is 1. The molecule has 0 radical (unpaired) electrons. The number of guanidine groups is 1. The molecule has 0 saturated carbocycles. The Morgan fingerprint density at radius 1 is 0.762 bits per heavy atom. The van der Waals surface area contributed by atoms with Crippen LogP contribution in [0.3, 0.4) is 0 Å². The van der Waals surface area contributed by atoms with Gasteiger partial charge < -0.3 is 24.3 Å². The molecular weight excluding hydrogens is 561 g/mol. The molecule has 1 aliphatic rings. The number of hydrogen-bond acceptors (Lipinski definition) is 8. The van der Waals surface area contributed by atoms with Crippen molar-refractivity contribution in [3.63, 3.8) is 0 Å². The standard InChI is InChI=1S/C32H50N4O4Si2/c1-41(2,3)19-17-37-24-39-30-28(21-26-13-9-7-10-14-26)35-32(34-23-33)36-29(22-27-15-11-8-12-16-27)31(30)40-25-38-18-20-42(4,5)6/h7-16,28-31H,17-22,24-25H2,1-6H3,(H2,34,35,36)/t28-,29-,30+,31+/m1/s1. The topological polar surface area (TPSA) is 97.1 Å². The summed E-state index contributed by atoms with van der Waals surface area (Å²) >= 11 is 0. The first-order chi connectivity index (χ1) is 20.0. The summed E-state index contributed by atoms with van der Waals surface area (Å²) in [5.41, 5.74) is 2.27. The van der Waals surface area contributed by atoms with Gasteiger partial charge in [-0.2, -0.15) is 5.26 Å². The van der Waals surface area contributed by atoms with Crippen LogP contribution < -0.4 is 10.6 Å². The molecule has 2 aromatic rings. The normalized spacial score (nSPS) is 21.1. The van der Waals surface area contributed by atoms with Crippen molar-refractivity contribution in [1.29, 1.82) is 5.26 Å². The number of hydrogen-bond donors (Lipinski definition) is 2. The largest absolute Gasteiger partial charge is 0.356 e. The molecule has 230 valence electrons. The van der Waals surface area contributed by atoms with Crippen LogP contribution in [0.5, 0.6) is 0 Å². The summed E-state index contributed by atoms with van der Waals surface area (Å²) in [6.07, 6.45) is 2.45. The Morgan fingerprint density at radius 3 is 1.76 bits per heavy atom. The molecule has 8 nitrogen and oxygen atoms in total. The molecule has 0 aromatic heterocycles. The van der Waals surface area contributed by atoms with Crippen molar-refractivity contribution in [2.75, 3.05) is 26.8 Å². The zero-order valence-electron chi connectivity index (χ0n) is 26.3. The minimum atomic E-state index is -1.23. The number of ether oxygens (including phenoxy) is 4. The molecule has 42 heavy (non-hydrogen) atoms. The summed E-state index contributed by atoms with van der Waals surface area (Å²) in [5.74, 6) is 0.415. The molecule has 3 rings (SSSR count). The number of rotatable bonds is 16. The summed E-state index contributed by atoms with van der Waals surface area (Å²) in [5, 5.41) is 15.8. The molecule has 4 atom stereocenters. The lowest BCUT2D eigenvalue weighted by molar-refractivity contribution is -0.176. The van der Waals surface area contributed by atoms with Gasteiger partial charge in [0.1, 0.15) is 25.8 Å². The van der Waals surface area contributed by atoms with Crippen LogP contribution in [0.25, 0.3) is 0 Å². The van der Waals surface area contributed by atoms with Gasteiger partial charge in [-0.05, 0) is 36.1 Å². The van der Waals surface area contributed by atoms with Crippen LogP contribution in [0.4, 0.5) is 0 Å². The Kier molecular flexibility index (Phi) is 13.7. The number of benzene rings is 2. The maximum absolute atomic E-state index is 9.55. The number of nitriles is 1. The lowest BCUT2D eigenvalue weighted by Gasteiger charge is -2.34. The fourth-order valence-electron chi connectivity index (χ4n) is 4.70. The molecule has 0 unspecified atom stereocenters. The van der Waals surface area contributed by atoms with Crippen LogP contribution in [0.15, 0.2) is 65.7 Å². The zero-order valence-corrected chi connectivity index (χ0v) is 28.3. The smallest absolute Gasteiger partial charge is 0.205 e. The third-order valence-electron chi connectivity index (χ3n) is 7.16. The molecule has 0 amide bonds. The van der Waals surface area contributed by atoms with Gasteiger partial charge >= 0.3 is 0 Å². The molecule has 2 N–H and O–H groups in total. The highest BCUT2D eigenvalue weighted by atomic mass is 28.3. The summed E-state index contributed by atoms with van der Waals surface area (Å²) in [7, 11) is -2.47. The van der Waals surface area contributed by atoms with Crippen molar-refractivity contribution >= 4 is 22.1 Å². The fourth-order valence-corrected chi connectivity index (χ4v) is 6.21. The van der Waals surface area contributed by atoms with E-state index >= 15 is 0 Å². The van der Waals surface area contributed by atoms with Gasteiger partial charge in [0.25, 0.3) is 0 Å². The number of nitrogens with zero attached hydrogens (tertiary/aromatic N) is 2. The molecule has 0 fully saturated rings. The van der Waals surface area contributed by atoms with Crippen LogP contribution in [0.2, 0.25) is 51.4 Å². The van der Waals surface area contributed by atoms with Gasteiger partial charge in [-0.1, -0.05) is 99.9 Å². The van der Waals surface area contributed by atoms with E-state index in [0.29, 0.717) is 32.0 Å². The van der Waals surface area contributed by atoms with Crippen molar-refractivity contribution in [3.05, 3.63) is 71.8 Å². The third-order valence-corrected chi connectivity index (χ3v) is 10.6. The van der Waals surface area contributed by atoms with Gasteiger partial charge in [-0.3, -0.25) is 5.32 Å². The second kappa shape index (κ2) is 16.9. The molecule has 0 bridgehead atoms. The first kappa shape index (κ1) is 34.0. The van der Waals surface area contributed by atoms with Crippen LogP contribution in [-0.4, -0.2) is 73.2 Å². The lowest BCUT2D eigenvalue weighted by Crippen LogP contribution is -2.53.